The SMILES string of the molecule is CN(CC(=O)N1CCC[C@@H](OCc2ccccn2)C1)Cc1ccccc1F. The second-order valence-corrected chi connectivity index (χ2v) is 7.00. The molecule has 3 rings (SSSR count). The average molecular weight is 371 g/mol. The zero-order chi connectivity index (χ0) is 19.1. The highest BCUT2D eigenvalue weighted by atomic mass is 19.1. The fraction of sp³-hybridized carbons (Fsp3) is 0.429. The zero-order valence-electron chi connectivity index (χ0n) is 15.7. The highest BCUT2D eigenvalue weighted by Gasteiger charge is 2.25. The summed E-state index contributed by atoms with van der Waals surface area (Å²) in [4.78, 5) is 20.6. The molecule has 1 aliphatic heterocycles. The summed E-state index contributed by atoms with van der Waals surface area (Å²) in [6.07, 6.45) is 3.65. The summed E-state index contributed by atoms with van der Waals surface area (Å²) in [7, 11) is 1.84. The Hall–Kier alpha value is -2.31. The van der Waals surface area contributed by atoms with E-state index in [0.29, 0.717) is 25.3 Å². The van der Waals surface area contributed by atoms with Crippen LogP contribution < -0.4 is 0 Å². The normalized spacial score (nSPS) is 17.3. The van der Waals surface area contributed by atoms with Gasteiger partial charge in [0.1, 0.15) is 5.82 Å². The first-order valence-corrected chi connectivity index (χ1v) is 9.33. The maximum atomic E-state index is 13.8. The molecule has 2 heterocycles. The standard InChI is InChI=1S/C21H26FN3O2/c1-24(13-17-7-2-3-10-20(17)22)15-21(26)25-12-6-9-19(14-25)27-16-18-8-4-5-11-23-18/h2-5,7-8,10-11,19H,6,9,12-16H2,1H3/t19-/m1/s1. The second kappa shape index (κ2) is 9.58. The minimum absolute atomic E-state index is 0.0292. The van der Waals surface area contributed by atoms with Gasteiger partial charge in [-0.2, -0.15) is 0 Å². The van der Waals surface area contributed by atoms with E-state index in [-0.39, 0.29) is 24.4 Å². The van der Waals surface area contributed by atoms with Crippen molar-refractivity contribution in [3.8, 4) is 0 Å². The van der Waals surface area contributed by atoms with Crippen LogP contribution in [0.4, 0.5) is 4.39 Å². The molecule has 27 heavy (non-hydrogen) atoms. The van der Waals surface area contributed by atoms with Crippen LogP contribution in [0.2, 0.25) is 0 Å². The van der Waals surface area contributed by atoms with E-state index >= 15 is 0 Å². The van der Waals surface area contributed by atoms with Crippen molar-refractivity contribution in [1.29, 1.82) is 0 Å². The quantitative estimate of drug-likeness (QED) is 0.751. The molecule has 1 amide bonds. The van der Waals surface area contributed by atoms with Gasteiger partial charge in [-0.3, -0.25) is 14.7 Å². The van der Waals surface area contributed by atoms with E-state index in [1.807, 2.05) is 41.1 Å². The fourth-order valence-electron chi connectivity index (χ4n) is 3.29. The molecule has 0 spiro atoms. The van der Waals surface area contributed by atoms with Gasteiger partial charge in [-0.25, -0.2) is 4.39 Å². The number of carbonyl (C=O) groups is 1. The molecule has 0 bridgehead atoms. The molecular formula is C21H26FN3O2. The lowest BCUT2D eigenvalue weighted by atomic mass is 10.1. The number of hydrogen-bond donors (Lipinski definition) is 0. The van der Waals surface area contributed by atoms with Gasteiger partial charge in [-0.05, 0) is 38.1 Å². The number of pyridine rings is 1. The predicted molar refractivity (Wildman–Crippen MR) is 101 cm³/mol. The van der Waals surface area contributed by atoms with E-state index in [1.54, 1.807) is 18.3 Å². The highest BCUT2D eigenvalue weighted by Crippen LogP contribution is 2.16. The lowest BCUT2D eigenvalue weighted by molar-refractivity contribution is -0.136. The number of aromatic nitrogens is 1. The van der Waals surface area contributed by atoms with Crippen LogP contribution in [0.1, 0.15) is 24.1 Å². The molecule has 2 aromatic rings. The number of benzene rings is 1. The fourth-order valence-corrected chi connectivity index (χ4v) is 3.29. The Bertz CT molecular complexity index is 741. The van der Waals surface area contributed by atoms with Crippen LogP contribution in [-0.2, 0) is 22.7 Å². The van der Waals surface area contributed by atoms with Gasteiger partial charge in [-0.1, -0.05) is 24.3 Å². The van der Waals surface area contributed by atoms with Crippen LogP contribution in [0.15, 0.2) is 48.7 Å². The first-order chi connectivity index (χ1) is 13.1. The minimum Gasteiger partial charge on any atom is -0.370 e. The molecule has 0 N–H and O–H groups in total. The molecule has 1 aromatic heterocycles. The number of ether oxygens (including phenoxy) is 1. The molecule has 0 unspecified atom stereocenters. The molecule has 5 nitrogen and oxygen atoms in total. The Kier molecular flexibility index (Phi) is 6.90. The summed E-state index contributed by atoms with van der Waals surface area (Å²) in [6, 6.07) is 12.4. The zero-order valence-corrected chi connectivity index (χ0v) is 15.7. The van der Waals surface area contributed by atoms with E-state index in [1.165, 1.54) is 6.07 Å². The number of nitrogens with zero attached hydrogens (tertiary/aromatic N) is 3. The van der Waals surface area contributed by atoms with Gasteiger partial charge in [0, 0.05) is 31.4 Å². The summed E-state index contributed by atoms with van der Waals surface area (Å²) in [5.41, 5.74) is 1.49. The van der Waals surface area contributed by atoms with Gasteiger partial charge in [0.05, 0.1) is 24.9 Å². The van der Waals surface area contributed by atoms with Crippen molar-refractivity contribution >= 4 is 5.91 Å². The summed E-state index contributed by atoms with van der Waals surface area (Å²) in [5, 5.41) is 0. The Morgan fingerprint density at radius 3 is 2.89 bits per heavy atom. The second-order valence-electron chi connectivity index (χ2n) is 7.00. The summed E-state index contributed by atoms with van der Waals surface area (Å²) in [6.45, 7) is 2.48. The number of likely N-dealkylation sites (tertiary alicyclic amines) is 1. The van der Waals surface area contributed by atoms with Crippen molar-refractivity contribution in [2.75, 3.05) is 26.7 Å². The highest BCUT2D eigenvalue weighted by molar-refractivity contribution is 5.78. The van der Waals surface area contributed by atoms with Crippen molar-refractivity contribution in [3.63, 3.8) is 0 Å². The number of rotatable bonds is 7. The van der Waals surface area contributed by atoms with Crippen molar-refractivity contribution in [3.05, 3.63) is 65.7 Å². The number of likely N-dealkylation sites (N-methyl/N-ethyl adjacent to an activating group) is 1. The number of piperidine rings is 1. The molecular weight excluding hydrogens is 345 g/mol. The Labute approximate surface area is 159 Å². The molecule has 1 aromatic carbocycles. The smallest absolute Gasteiger partial charge is 0.236 e. The van der Waals surface area contributed by atoms with E-state index in [4.69, 9.17) is 4.74 Å². The van der Waals surface area contributed by atoms with Crippen molar-refractivity contribution in [1.82, 2.24) is 14.8 Å². The van der Waals surface area contributed by atoms with E-state index in [9.17, 15) is 9.18 Å². The molecule has 6 heteroatoms. The van der Waals surface area contributed by atoms with E-state index < -0.39 is 0 Å². The molecule has 1 atom stereocenters. The lowest BCUT2D eigenvalue weighted by Gasteiger charge is -2.33. The summed E-state index contributed by atoms with van der Waals surface area (Å²) < 4.78 is 19.7. The molecule has 0 radical (unpaired) electrons. The summed E-state index contributed by atoms with van der Waals surface area (Å²) in [5.74, 6) is -0.183. The monoisotopic (exact) mass is 371 g/mol. The Morgan fingerprint density at radius 1 is 1.30 bits per heavy atom. The molecule has 144 valence electrons. The van der Waals surface area contributed by atoms with Crippen molar-refractivity contribution < 1.29 is 13.9 Å². The van der Waals surface area contributed by atoms with Crippen LogP contribution in [0.5, 0.6) is 0 Å². The number of carbonyl (C=O) groups excluding carboxylic acids is 1. The minimum atomic E-state index is -0.238. The van der Waals surface area contributed by atoms with Crippen LogP contribution in [0, 0.1) is 5.82 Å². The van der Waals surface area contributed by atoms with Gasteiger partial charge in [0.2, 0.25) is 5.91 Å². The third kappa shape index (κ3) is 5.84. The topological polar surface area (TPSA) is 45.7 Å². The van der Waals surface area contributed by atoms with Gasteiger partial charge < -0.3 is 9.64 Å². The molecule has 0 aliphatic carbocycles. The first kappa shape index (κ1) is 19.5. The number of hydrogen-bond acceptors (Lipinski definition) is 4. The third-order valence-electron chi connectivity index (χ3n) is 4.73. The Balaban J connectivity index is 1.47. The van der Waals surface area contributed by atoms with Gasteiger partial charge in [0.15, 0.2) is 0 Å². The largest absolute Gasteiger partial charge is 0.370 e. The molecule has 1 fully saturated rings. The average Bonchev–Trinajstić information content (AvgIpc) is 2.69. The number of amides is 1. The van der Waals surface area contributed by atoms with E-state index in [2.05, 4.69) is 4.98 Å². The van der Waals surface area contributed by atoms with Gasteiger partial charge in [0.25, 0.3) is 0 Å². The first-order valence-electron chi connectivity index (χ1n) is 9.33. The van der Waals surface area contributed by atoms with Crippen LogP contribution in [0.3, 0.4) is 0 Å². The van der Waals surface area contributed by atoms with E-state index in [0.717, 1.165) is 25.1 Å². The maximum Gasteiger partial charge on any atom is 0.236 e. The summed E-state index contributed by atoms with van der Waals surface area (Å²) >= 11 is 0. The van der Waals surface area contributed by atoms with Gasteiger partial charge in [-0.15, -0.1) is 0 Å². The Morgan fingerprint density at radius 2 is 2.11 bits per heavy atom. The van der Waals surface area contributed by atoms with Crippen LogP contribution in [-0.4, -0.2) is 53.5 Å². The van der Waals surface area contributed by atoms with Crippen molar-refractivity contribution in [2.24, 2.45) is 0 Å². The molecule has 1 saturated heterocycles. The maximum absolute atomic E-state index is 13.8. The van der Waals surface area contributed by atoms with Crippen LogP contribution >= 0.6 is 0 Å². The molecule has 1 aliphatic rings. The van der Waals surface area contributed by atoms with Crippen molar-refractivity contribution in [2.45, 2.75) is 32.1 Å². The molecule has 0 saturated carbocycles. The number of halogens is 1. The third-order valence-corrected chi connectivity index (χ3v) is 4.73. The predicted octanol–water partition coefficient (Wildman–Crippen LogP) is 2.86. The lowest BCUT2D eigenvalue weighted by Crippen LogP contribution is -2.46. The van der Waals surface area contributed by atoms with Crippen LogP contribution in [0.25, 0.3) is 0 Å². The van der Waals surface area contributed by atoms with Gasteiger partial charge >= 0.3 is 0 Å².